The highest BCUT2D eigenvalue weighted by molar-refractivity contribution is 8.00. The second-order valence-electron chi connectivity index (χ2n) is 5.86. The summed E-state index contributed by atoms with van der Waals surface area (Å²) in [7, 11) is -3.22. The molecule has 4 nitrogen and oxygen atoms in total. The maximum absolute atomic E-state index is 12.0. The zero-order valence-corrected chi connectivity index (χ0v) is 15.6. The molecule has 0 aliphatic rings. The van der Waals surface area contributed by atoms with Crippen LogP contribution in [0.3, 0.4) is 0 Å². The molecule has 1 amide bonds. The van der Waals surface area contributed by atoms with Gasteiger partial charge in [0.2, 0.25) is 5.91 Å². The van der Waals surface area contributed by atoms with Crippen LogP contribution >= 0.6 is 11.8 Å². The highest BCUT2D eigenvalue weighted by Crippen LogP contribution is 2.22. The summed E-state index contributed by atoms with van der Waals surface area (Å²) in [5.41, 5.74) is 1.86. The number of hydrogen-bond acceptors (Lipinski definition) is 4. The number of amides is 1. The van der Waals surface area contributed by atoms with Crippen LogP contribution in [0.2, 0.25) is 0 Å². The monoisotopic (exact) mass is 363 g/mol. The zero-order valence-electron chi connectivity index (χ0n) is 13.9. The number of carbonyl (C=O) groups excluding carboxylic acids is 1. The summed E-state index contributed by atoms with van der Waals surface area (Å²) in [6, 6.07) is 14.4. The van der Waals surface area contributed by atoms with Crippen molar-refractivity contribution < 1.29 is 13.2 Å². The summed E-state index contributed by atoms with van der Waals surface area (Å²) in [5, 5.41) is 2.77. The number of hydrogen-bond donors (Lipinski definition) is 1. The Morgan fingerprint density at radius 2 is 1.62 bits per heavy atom. The lowest BCUT2D eigenvalue weighted by Gasteiger charge is -2.08. The average molecular weight is 364 g/mol. The molecular formula is C18H21NO3S2. The minimum Gasteiger partial charge on any atom is -0.325 e. The number of nitrogens with one attached hydrogen (secondary N) is 1. The van der Waals surface area contributed by atoms with Gasteiger partial charge in [-0.2, -0.15) is 0 Å². The van der Waals surface area contributed by atoms with Gasteiger partial charge in [-0.3, -0.25) is 4.79 Å². The number of carbonyl (C=O) groups is 1. The van der Waals surface area contributed by atoms with Gasteiger partial charge in [0.25, 0.3) is 0 Å². The highest BCUT2D eigenvalue weighted by Gasteiger charge is 2.08. The van der Waals surface area contributed by atoms with Gasteiger partial charge in [-0.05, 0) is 47.9 Å². The van der Waals surface area contributed by atoms with Crippen molar-refractivity contribution in [1.29, 1.82) is 0 Å². The van der Waals surface area contributed by atoms with E-state index in [4.69, 9.17) is 0 Å². The summed E-state index contributed by atoms with van der Waals surface area (Å²) in [6.07, 6.45) is 1.15. The fourth-order valence-corrected chi connectivity index (χ4v) is 3.41. The molecule has 128 valence electrons. The molecule has 2 aromatic carbocycles. The lowest BCUT2D eigenvalue weighted by molar-refractivity contribution is -0.113. The summed E-state index contributed by atoms with van der Waals surface area (Å²) in [6.45, 7) is 4.29. The van der Waals surface area contributed by atoms with Crippen LogP contribution < -0.4 is 5.32 Å². The highest BCUT2D eigenvalue weighted by atomic mass is 32.2. The Labute approximate surface area is 147 Å². The molecule has 0 saturated heterocycles. The summed E-state index contributed by atoms with van der Waals surface area (Å²) >= 11 is 1.47. The molecular weight excluding hydrogens is 342 g/mol. The lowest BCUT2D eigenvalue weighted by Crippen LogP contribution is -2.14. The van der Waals surface area contributed by atoms with Crippen molar-refractivity contribution in [2.45, 2.75) is 29.6 Å². The molecule has 0 atom stereocenters. The van der Waals surface area contributed by atoms with Gasteiger partial charge in [0.1, 0.15) is 0 Å². The molecule has 0 heterocycles. The maximum atomic E-state index is 12.0. The van der Waals surface area contributed by atoms with E-state index >= 15 is 0 Å². The molecule has 2 rings (SSSR count). The molecule has 0 aromatic heterocycles. The van der Waals surface area contributed by atoms with Gasteiger partial charge in [0.15, 0.2) is 9.84 Å². The van der Waals surface area contributed by atoms with Crippen LogP contribution in [0.15, 0.2) is 58.3 Å². The summed E-state index contributed by atoms with van der Waals surface area (Å²) in [5.74, 6) is 0.664. The fourth-order valence-electron chi connectivity index (χ4n) is 2.08. The van der Waals surface area contributed by atoms with Gasteiger partial charge in [-0.1, -0.05) is 26.0 Å². The number of sulfone groups is 1. The summed E-state index contributed by atoms with van der Waals surface area (Å²) < 4.78 is 22.8. The second-order valence-corrected chi connectivity index (χ2v) is 8.92. The third kappa shape index (κ3) is 5.39. The van der Waals surface area contributed by atoms with Crippen molar-refractivity contribution in [2.75, 3.05) is 17.3 Å². The van der Waals surface area contributed by atoms with E-state index in [2.05, 4.69) is 31.3 Å². The van der Waals surface area contributed by atoms with Crippen molar-refractivity contribution in [1.82, 2.24) is 0 Å². The smallest absolute Gasteiger partial charge is 0.234 e. The van der Waals surface area contributed by atoms with Gasteiger partial charge in [0.05, 0.1) is 10.6 Å². The van der Waals surface area contributed by atoms with Gasteiger partial charge in [0, 0.05) is 16.8 Å². The van der Waals surface area contributed by atoms with Crippen molar-refractivity contribution in [2.24, 2.45) is 0 Å². The van der Waals surface area contributed by atoms with Crippen LogP contribution in [0.25, 0.3) is 0 Å². The van der Waals surface area contributed by atoms with Crippen molar-refractivity contribution in [3.63, 3.8) is 0 Å². The molecule has 0 aliphatic heterocycles. The fraction of sp³-hybridized carbons (Fsp3) is 0.278. The Balaban J connectivity index is 1.89. The van der Waals surface area contributed by atoms with E-state index in [1.165, 1.54) is 29.5 Å². The topological polar surface area (TPSA) is 63.2 Å². The largest absolute Gasteiger partial charge is 0.325 e. The Hall–Kier alpha value is -1.79. The van der Waals surface area contributed by atoms with E-state index in [1.54, 1.807) is 12.1 Å². The van der Waals surface area contributed by atoms with E-state index in [0.717, 1.165) is 11.2 Å². The first-order valence-corrected chi connectivity index (χ1v) is 10.5. The van der Waals surface area contributed by atoms with Crippen LogP contribution in [0.4, 0.5) is 5.69 Å². The van der Waals surface area contributed by atoms with Crippen molar-refractivity contribution in [3.05, 3.63) is 54.1 Å². The quantitative estimate of drug-likeness (QED) is 0.790. The van der Waals surface area contributed by atoms with Crippen LogP contribution in [0.5, 0.6) is 0 Å². The third-order valence-electron chi connectivity index (χ3n) is 3.48. The number of benzene rings is 2. The Morgan fingerprint density at radius 3 is 2.12 bits per heavy atom. The zero-order chi connectivity index (χ0) is 17.7. The number of anilines is 1. The van der Waals surface area contributed by atoms with Crippen LogP contribution in [0.1, 0.15) is 25.3 Å². The molecule has 0 unspecified atom stereocenters. The number of rotatable bonds is 6. The van der Waals surface area contributed by atoms with Crippen molar-refractivity contribution in [3.8, 4) is 0 Å². The molecule has 6 heteroatoms. The first kappa shape index (κ1) is 18.5. The maximum Gasteiger partial charge on any atom is 0.234 e. The second kappa shape index (κ2) is 7.85. The van der Waals surface area contributed by atoms with E-state index in [1.807, 2.05) is 12.1 Å². The third-order valence-corrected chi connectivity index (χ3v) is 5.62. The first-order chi connectivity index (χ1) is 11.3. The van der Waals surface area contributed by atoms with E-state index < -0.39 is 9.84 Å². The molecule has 0 fully saturated rings. The normalized spacial score (nSPS) is 11.5. The average Bonchev–Trinajstić information content (AvgIpc) is 2.53. The minimum absolute atomic E-state index is 0.125. The lowest BCUT2D eigenvalue weighted by atomic mass is 10.0. The predicted octanol–water partition coefficient (Wildman–Crippen LogP) is 3.94. The van der Waals surface area contributed by atoms with Gasteiger partial charge >= 0.3 is 0 Å². The van der Waals surface area contributed by atoms with E-state index in [-0.39, 0.29) is 10.8 Å². The molecule has 2 aromatic rings. The molecule has 0 radical (unpaired) electrons. The first-order valence-electron chi connectivity index (χ1n) is 7.58. The molecule has 1 N–H and O–H groups in total. The van der Waals surface area contributed by atoms with Crippen LogP contribution in [-0.4, -0.2) is 26.3 Å². The van der Waals surface area contributed by atoms with Crippen LogP contribution in [-0.2, 0) is 14.6 Å². The van der Waals surface area contributed by atoms with Gasteiger partial charge in [-0.15, -0.1) is 11.8 Å². The van der Waals surface area contributed by atoms with E-state index in [9.17, 15) is 13.2 Å². The molecule has 0 bridgehead atoms. The molecule has 0 spiro atoms. The molecule has 24 heavy (non-hydrogen) atoms. The Bertz CT molecular complexity index is 795. The Morgan fingerprint density at radius 1 is 1.04 bits per heavy atom. The van der Waals surface area contributed by atoms with Gasteiger partial charge < -0.3 is 5.32 Å². The Kier molecular flexibility index (Phi) is 6.07. The van der Waals surface area contributed by atoms with E-state index in [0.29, 0.717) is 17.4 Å². The molecule has 0 aliphatic carbocycles. The number of thioether (sulfide) groups is 1. The SMILES string of the molecule is CC(C)c1ccc(SCC(=O)Nc2ccc(S(C)(=O)=O)cc2)cc1. The summed E-state index contributed by atoms with van der Waals surface area (Å²) in [4.78, 5) is 13.3. The molecule has 0 saturated carbocycles. The minimum atomic E-state index is -3.22. The van der Waals surface area contributed by atoms with Crippen molar-refractivity contribution >= 4 is 33.2 Å². The van der Waals surface area contributed by atoms with Crippen LogP contribution in [0, 0.1) is 0 Å². The predicted molar refractivity (Wildman–Crippen MR) is 99.4 cm³/mol. The standard InChI is InChI=1S/C18H21NO3S2/c1-13(2)14-4-8-16(9-5-14)23-12-18(20)19-15-6-10-17(11-7-15)24(3,21)22/h4-11,13H,12H2,1-3H3,(H,19,20). The van der Waals surface area contributed by atoms with Gasteiger partial charge in [-0.25, -0.2) is 8.42 Å².